The van der Waals surface area contributed by atoms with E-state index in [9.17, 15) is 24.3 Å². The number of fused-ring (bicyclic) bond motifs is 1. The van der Waals surface area contributed by atoms with E-state index in [-0.39, 0.29) is 60.1 Å². The van der Waals surface area contributed by atoms with Gasteiger partial charge in [-0.1, -0.05) is 0 Å². The van der Waals surface area contributed by atoms with Crippen molar-refractivity contribution in [1.82, 2.24) is 9.88 Å². The van der Waals surface area contributed by atoms with Gasteiger partial charge in [0.25, 0.3) is 0 Å². The molecule has 2 saturated heterocycles. The van der Waals surface area contributed by atoms with Crippen molar-refractivity contribution >= 4 is 40.2 Å². The van der Waals surface area contributed by atoms with Gasteiger partial charge in [0.1, 0.15) is 17.4 Å². The summed E-state index contributed by atoms with van der Waals surface area (Å²) >= 11 is 0. The number of anilines is 2. The molecule has 2 unspecified atom stereocenters. The van der Waals surface area contributed by atoms with Crippen molar-refractivity contribution < 1.29 is 42.5 Å². The number of amides is 2. The van der Waals surface area contributed by atoms with Gasteiger partial charge in [-0.25, -0.2) is 18.4 Å². The van der Waals surface area contributed by atoms with Gasteiger partial charge in [-0.2, -0.15) is 0 Å². The number of nitrogens with one attached hydrogen (secondary N) is 1. The summed E-state index contributed by atoms with van der Waals surface area (Å²) in [6.07, 6.45) is 2.33. The second kappa shape index (κ2) is 11.9. The van der Waals surface area contributed by atoms with Crippen molar-refractivity contribution in [3.05, 3.63) is 57.9 Å². The van der Waals surface area contributed by atoms with Crippen molar-refractivity contribution in [2.24, 2.45) is 5.92 Å². The van der Waals surface area contributed by atoms with Crippen molar-refractivity contribution in [3.63, 3.8) is 0 Å². The van der Waals surface area contributed by atoms with Crippen LogP contribution in [0, 0.1) is 17.6 Å². The molecule has 12 nitrogen and oxygen atoms in total. The molecule has 3 heterocycles. The maximum atomic E-state index is 15.7. The van der Waals surface area contributed by atoms with Gasteiger partial charge in [-0.3, -0.25) is 14.5 Å². The third kappa shape index (κ3) is 5.83. The second-order valence-corrected chi connectivity index (χ2v) is 11.5. The van der Waals surface area contributed by atoms with Crippen LogP contribution in [0.4, 0.5) is 25.0 Å². The summed E-state index contributed by atoms with van der Waals surface area (Å²) in [6.45, 7) is 2.63. The number of rotatable bonds is 10. The molecule has 45 heavy (non-hydrogen) atoms. The fraction of sp³-hybridized carbons (Fsp3) is 0.419. The lowest BCUT2D eigenvalue weighted by atomic mass is 10.1. The molecule has 2 amide bonds. The fourth-order valence-electron chi connectivity index (χ4n) is 5.97. The molecule has 2 N–H and O–H groups in total. The number of carboxylic acid groups (broad SMARTS) is 1. The summed E-state index contributed by atoms with van der Waals surface area (Å²) in [5.41, 5.74) is -0.369. The Labute approximate surface area is 256 Å². The molecule has 2 aromatic carbocycles. The third-order valence-electron chi connectivity index (χ3n) is 8.33. The van der Waals surface area contributed by atoms with Gasteiger partial charge in [-0.05, 0) is 37.5 Å². The number of pyridine rings is 1. The molecule has 1 saturated carbocycles. The predicted molar refractivity (Wildman–Crippen MR) is 158 cm³/mol. The number of cyclic esters (lactones) is 1. The van der Waals surface area contributed by atoms with Crippen molar-refractivity contribution in [1.29, 1.82) is 0 Å². The highest BCUT2D eigenvalue weighted by Crippen LogP contribution is 2.44. The quantitative estimate of drug-likeness (QED) is 0.345. The first-order valence-corrected chi connectivity index (χ1v) is 14.6. The number of benzene rings is 2. The summed E-state index contributed by atoms with van der Waals surface area (Å²) in [5.74, 6) is -2.93. The molecule has 2 atom stereocenters. The van der Waals surface area contributed by atoms with Crippen LogP contribution < -0.4 is 30.0 Å². The molecule has 0 radical (unpaired) electrons. The number of hydrogen-bond acceptors (Lipinski definition) is 8. The largest absolute Gasteiger partial charge is 0.492 e. The molecule has 0 spiro atoms. The van der Waals surface area contributed by atoms with Crippen LogP contribution >= 0.6 is 0 Å². The number of nitrogens with zero attached hydrogens (tertiary/aromatic N) is 3. The Hall–Kier alpha value is -4.88. The van der Waals surface area contributed by atoms with E-state index in [0.717, 1.165) is 18.9 Å². The molecule has 6 rings (SSSR count). The Bertz CT molecular complexity index is 1760. The Kier molecular flexibility index (Phi) is 7.97. The zero-order valence-corrected chi connectivity index (χ0v) is 24.7. The van der Waals surface area contributed by atoms with Crippen molar-refractivity contribution in [2.45, 2.75) is 38.3 Å². The summed E-state index contributed by atoms with van der Waals surface area (Å²) in [5, 5.41) is 12.1. The molecule has 3 aliphatic rings. The third-order valence-corrected chi connectivity index (χ3v) is 8.33. The minimum atomic E-state index is -1.38. The van der Waals surface area contributed by atoms with Crippen LogP contribution in [0.3, 0.4) is 0 Å². The average molecular weight is 627 g/mol. The van der Waals surface area contributed by atoms with Gasteiger partial charge in [0.05, 0.1) is 43.4 Å². The zero-order chi connectivity index (χ0) is 32.0. The molecular formula is C31H32F2N4O8. The Balaban J connectivity index is 1.16. The zero-order valence-electron chi connectivity index (χ0n) is 24.7. The van der Waals surface area contributed by atoms with Crippen molar-refractivity contribution in [3.8, 4) is 11.5 Å². The molecule has 0 bridgehead atoms. The maximum absolute atomic E-state index is 15.7. The van der Waals surface area contributed by atoms with Crippen LogP contribution in [-0.4, -0.2) is 73.6 Å². The smallest absolute Gasteiger partial charge is 0.414 e. The first-order valence-electron chi connectivity index (χ1n) is 14.6. The molecule has 1 aromatic heterocycles. The highest BCUT2D eigenvalue weighted by atomic mass is 19.1. The van der Waals surface area contributed by atoms with Crippen molar-refractivity contribution in [2.75, 3.05) is 49.7 Å². The molecule has 3 aromatic rings. The van der Waals surface area contributed by atoms with Crippen LogP contribution in [-0.2, 0) is 9.53 Å². The summed E-state index contributed by atoms with van der Waals surface area (Å²) in [6, 6.07) is 5.23. The van der Waals surface area contributed by atoms with Crippen LogP contribution in [0.15, 0.2) is 35.3 Å². The van der Waals surface area contributed by atoms with Crippen LogP contribution in [0.2, 0.25) is 0 Å². The molecule has 3 fully saturated rings. The van der Waals surface area contributed by atoms with Gasteiger partial charge in [0, 0.05) is 44.2 Å². The number of carbonyl (C=O) groups is 3. The summed E-state index contributed by atoms with van der Waals surface area (Å²) in [7, 11) is 1.39. The second-order valence-electron chi connectivity index (χ2n) is 11.5. The number of carboxylic acids is 1. The first-order chi connectivity index (χ1) is 21.5. The Morgan fingerprint density at radius 1 is 1.11 bits per heavy atom. The molecule has 2 aliphatic heterocycles. The van der Waals surface area contributed by atoms with E-state index in [1.165, 1.54) is 37.3 Å². The normalized spacial score (nSPS) is 19.6. The van der Waals surface area contributed by atoms with E-state index in [4.69, 9.17) is 14.2 Å². The maximum Gasteiger partial charge on any atom is 0.414 e. The lowest BCUT2D eigenvalue weighted by molar-refractivity contribution is -0.119. The van der Waals surface area contributed by atoms with Gasteiger partial charge in [0.2, 0.25) is 11.3 Å². The Morgan fingerprint density at radius 2 is 1.89 bits per heavy atom. The van der Waals surface area contributed by atoms with E-state index >= 15 is 8.78 Å². The highest BCUT2D eigenvalue weighted by Gasteiger charge is 2.35. The van der Waals surface area contributed by atoms with Gasteiger partial charge in [-0.15, -0.1) is 0 Å². The fourth-order valence-corrected chi connectivity index (χ4v) is 5.97. The number of aromatic carboxylic acids is 1. The average Bonchev–Trinajstić information content (AvgIpc) is 3.62. The number of aromatic nitrogens is 1. The lowest BCUT2D eigenvalue weighted by Crippen LogP contribution is -2.33. The molecular weight excluding hydrogens is 594 g/mol. The van der Waals surface area contributed by atoms with E-state index in [1.54, 1.807) is 15.5 Å². The van der Waals surface area contributed by atoms with E-state index < -0.39 is 40.8 Å². The predicted octanol–water partition coefficient (Wildman–Crippen LogP) is 3.69. The van der Waals surface area contributed by atoms with Crippen LogP contribution in [0.25, 0.3) is 10.9 Å². The lowest BCUT2D eigenvalue weighted by Gasteiger charge is -2.25. The number of ether oxygens (including phenoxy) is 3. The molecule has 238 valence electrons. The van der Waals surface area contributed by atoms with E-state index in [1.807, 2.05) is 0 Å². The van der Waals surface area contributed by atoms with E-state index in [0.29, 0.717) is 30.7 Å². The minimum Gasteiger partial charge on any atom is -0.492 e. The number of halogens is 2. The number of hydrogen-bond donors (Lipinski definition) is 2. The Morgan fingerprint density at radius 3 is 2.56 bits per heavy atom. The monoisotopic (exact) mass is 626 g/mol. The SMILES string of the molecule is COc1c(N2CCC(COc3ccc(N4CC(CNC(C)=O)OC4=O)cc3F)C2)c(F)cc2c(=O)c(C(=O)O)cn(C3CC3)c12. The van der Waals surface area contributed by atoms with Gasteiger partial charge in [0.15, 0.2) is 23.1 Å². The van der Waals surface area contributed by atoms with Gasteiger partial charge >= 0.3 is 12.1 Å². The number of methoxy groups -OCH3 is 1. The number of carbonyl (C=O) groups excluding carboxylic acids is 2. The first kappa shape index (κ1) is 30.2. The highest BCUT2D eigenvalue weighted by molar-refractivity contribution is 5.97. The van der Waals surface area contributed by atoms with Crippen LogP contribution in [0.5, 0.6) is 11.5 Å². The van der Waals surface area contributed by atoms with Gasteiger partial charge < -0.3 is 34.1 Å². The molecule has 1 aliphatic carbocycles. The van der Waals surface area contributed by atoms with Crippen LogP contribution in [0.1, 0.15) is 42.6 Å². The molecule has 14 heteroatoms. The summed E-state index contributed by atoms with van der Waals surface area (Å²) in [4.78, 5) is 51.2. The minimum absolute atomic E-state index is 0.00304. The summed E-state index contributed by atoms with van der Waals surface area (Å²) < 4.78 is 49.1. The van der Waals surface area contributed by atoms with E-state index in [2.05, 4.69) is 5.32 Å². The standard InChI is InChI=1S/C31H32F2N4O8/c1-16(38)34-11-20-13-37(31(42)45-20)19-5-6-25(23(32)9-19)44-15-17-7-8-35(12-17)27-24(33)10-21-26(29(27)43-2)36(18-3-4-18)14-22(28(21)39)30(40)41/h5-6,9-10,14,17-18,20H,3-4,7-8,11-13,15H2,1-2H3,(H,34,38)(H,40,41). The topological polar surface area (TPSA) is 140 Å².